The Bertz CT molecular complexity index is 383. The van der Waals surface area contributed by atoms with Gasteiger partial charge in [-0.25, -0.2) is 4.79 Å². The van der Waals surface area contributed by atoms with Crippen LogP contribution in [-0.2, 0) is 11.8 Å². The molecule has 0 aliphatic carbocycles. The molecule has 1 aromatic heterocycles. The van der Waals surface area contributed by atoms with E-state index in [4.69, 9.17) is 4.74 Å². The van der Waals surface area contributed by atoms with Crippen LogP contribution in [0.4, 0.5) is 0 Å². The van der Waals surface area contributed by atoms with Gasteiger partial charge < -0.3 is 9.30 Å². The van der Waals surface area contributed by atoms with Crippen LogP contribution in [0.15, 0.2) is 18.8 Å². The number of carbonyl (C=O) groups excluding carboxylic acids is 1. The Morgan fingerprint density at radius 3 is 2.53 bits per heavy atom. The SMILES string of the molecule is C=Cc1cc(C(=O)OC(C)(C)C)cn1C. The first-order valence-electron chi connectivity index (χ1n) is 4.85. The molecule has 0 N–H and O–H groups in total. The van der Waals surface area contributed by atoms with Crippen LogP contribution in [0.3, 0.4) is 0 Å². The summed E-state index contributed by atoms with van der Waals surface area (Å²) < 4.78 is 7.09. The van der Waals surface area contributed by atoms with Gasteiger partial charge in [0.15, 0.2) is 0 Å². The summed E-state index contributed by atoms with van der Waals surface area (Å²) in [6.45, 7) is 9.21. The van der Waals surface area contributed by atoms with Crippen molar-refractivity contribution in [3.8, 4) is 0 Å². The second-order valence-electron chi connectivity index (χ2n) is 4.47. The summed E-state index contributed by atoms with van der Waals surface area (Å²) in [5, 5.41) is 0. The maximum Gasteiger partial charge on any atom is 0.340 e. The lowest BCUT2D eigenvalue weighted by molar-refractivity contribution is 0.00695. The van der Waals surface area contributed by atoms with Crippen LogP contribution in [0.5, 0.6) is 0 Å². The molecule has 0 atom stereocenters. The highest BCUT2D eigenvalue weighted by molar-refractivity contribution is 5.90. The van der Waals surface area contributed by atoms with Crippen LogP contribution in [-0.4, -0.2) is 16.1 Å². The molecule has 0 fully saturated rings. The summed E-state index contributed by atoms with van der Waals surface area (Å²) in [6, 6.07) is 1.76. The van der Waals surface area contributed by atoms with E-state index in [1.807, 2.05) is 32.4 Å². The first-order valence-corrected chi connectivity index (χ1v) is 4.85. The van der Waals surface area contributed by atoms with Crippen LogP contribution >= 0.6 is 0 Å². The average molecular weight is 207 g/mol. The van der Waals surface area contributed by atoms with Crippen LogP contribution in [0.2, 0.25) is 0 Å². The highest BCUT2D eigenvalue weighted by Gasteiger charge is 2.19. The Labute approximate surface area is 90.4 Å². The fourth-order valence-corrected chi connectivity index (χ4v) is 1.23. The molecule has 0 radical (unpaired) electrons. The van der Waals surface area contributed by atoms with E-state index in [9.17, 15) is 4.79 Å². The third-order valence-corrected chi connectivity index (χ3v) is 1.89. The first-order chi connectivity index (χ1) is 6.83. The molecule has 82 valence electrons. The zero-order valence-corrected chi connectivity index (χ0v) is 9.70. The summed E-state index contributed by atoms with van der Waals surface area (Å²) >= 11 is 0. The van der Waals surface area contributed by atoms with Crippen molar-refractivity contribution < 1.29 is 9.53 Å². The van der Waals surface area contributed by atoms with Gasteiger partial charge >= 0.3 is 5.97 Å². The van der Waals surface area contributed by atoms with Gasteiger partial charge in [0.05, 0.1) is 5.56 Å². The van der Waals surface area contributed by atoms with Crippen LogP contribution in [0.1, 0.15) is 36.8 Å². The average Bonchev–Trinajstić information content (AvgIpc) is 2.43. The Hall–Kier alpha value is -1.51. The third kappa shape index (κ3) is 2.98. The lowest BCUT2D eigenvalue weighted by atomic mass is 10.2. The Kier molecular flexibility index (Phi) is 3.03. The van der Waals surface area contributed by atoms with E-state index in [0.29, 0.717) is 5.56 Å². The minimum Gasteiger partial charge on any atom is -0.456 e. The molecular formula is C12H17NO2. The minimum atomic E-state index is -0.457. The highest BCUT2D eigenvalue weighted by atomic mass is 16.6. The molecule has 0 saturated carbocycles. The molecule has 0 aliphatic rings. The number of nitrogens with zero attached hydrogens (tertiary/aromatic N) is 1. The molecule has 0 saturated heterocycles. The van der Waals surface area contributed by atoms with E-state index in [1.165, 1.54) is 0 Å². The minimum absolute atomic E-state index is 0.300. The number of ether oxygens (including phenoxy) is 1. The van der Waals surface area contributed by atoms with Crippen LogP contribution < -0.4 is 0 Å². The van der Waals surface area contributed by atoms with Gasteiger partial charge in [0, 0.05) is 18.9 Å². The molecule has 0 unspecified atom stereocenters. The number of esters is 1. The molecule has 0 bridgehead atoms. The fourth-order valence-electron chi connectivity index (χ4n) is 1.23. The van der Waals surface area contributed by atoms with Crippen molar-refractivity contribution >= 4 is 12.0 Å². The standard InChI is InChI=1S/C12H17NO2/c1-6-10-7-9(8-13(10)5)11(14)15-12(2,3)4/h6-8H,1H2,2-5H3. The quantitative estimate of drug-likeness (QED) is 0.698. The highest BCUT2D eigenvalue weighted by Crippen LogP contribution is 2.14. The molecule has 0 spiro atoms. The number of carbonyl (C=O) groups is 1. The van der Waals surface area contributed by atoms with E-state index >= 15 is 0 Å². The van der Waals surface area contributed by atoms with Crippen molar-refractivity contribution in [3.63, 3.8) is 0 Å². The van der Waals surface area contributed by atoms with Gasteiger partial charge in [-0.05, 0) is 32.9 Å². The van der Waals surface area contributed by atoms with Crippen LogP contribution in [0.25, 0.3) is 6.08 Å². The second-order valence-corrected chi connectivity index (χ2v) is 4.47. The summed E-state index contributed by atoms with van der Waals surface area (Å²) in [4.78, 5) is 11.7. The van der Waals surface area contributed by atoms with Gasteiger partial charge in [0.1, 0.15) is 5.60 Å². The normalized spacial score (nSPS) is 11.2. The van der Waals surface area contributed by atoms with E-state index < -0.39 is 5.60 Å². The smallest absolute Gasteiger partial charge is 0.340 e. The predicted molar refractivity (Wildman–Crippen MR) is 60.7 cm³/mol. The summed E-state index contributed by atoms with van der Waals surface area (Å²) in [5.41, 5.74) is 1.000. The maximum absolute atomic E-state index is 11.7. The number of hydrogen-bond acceptors (Lipinski definition) is 2. The first kappa shape index (κ1) is 11.6. The van der Waals surface area contributed by atoms with Crippen molar-refractivity contribution in [1.29, 1.82) is 0 Å². The molecule has 3 nitrogen and oxygen atoms in total. The molecule has 0 aromatic carbocycles. The largest absolute Gasteiger partial charge is 0.456 e. The molecule has 1 rings (SSSR count). The van der Waals surface area contributed by atoms with E-state index in [1.54, 1.807) is 18.3 Å². The Morgan fingerprint density at radius 1 is 1.53 bits per heavy atom. The number of aryl methyl sites for hydroxylation is 1. The number of aromatic nitrogens is 1. The van der Waals surface area contributed by atoms with Crippen molar-refractivity contribution in [2.45, 2.75) is 26.4 Å². The molecule has 0 aliphatic heterocycles. The zero-order chi connectivity index (χ0) is 11.6. The lowest BCUT2D eigenvalue weighted by Crippen LogP contribution is -2.23. The van der Waals surface area contributed by atoms with E-state index in [0.717, 1.165) is 5.69 Å². The van der Waals surface area contributed by atoms with Gasteiger partial charge in [-0.15, -0.1) is 0 Å². The topological polar surface area (TPSA) is 31.2 Å². The number of hydrogen-bond donors (Lipinski definition) is 0. The van der Waals surface area contributed by atoms with Crippen molar-refractivity contribution in [2.24, 2.45) is 7.05 Å². The number of rotatable bonds is 2. The third-order valence-electron chi connectivity index (χ3n) is 1.89. The van der Waals surface area contributed by atoms with E-state index in [2.05, 4.69) is 6.58 Å². The molecule has 3 heteroatoms. The van der Waals surface area contributed by atoms with Gasteiger partial charge in [-0.2, -0.15) is 0 Å². The van der Waals surface area contributed by atoms with E-state index in [-0.39, 0.29) is 5.97 Å². The van der Waals surface area contributed by atoms with Crippen LogP contribution in [0, 0.1) is 0 Å². The van der Waals surface area contributed by atoms with Gasteiger partial charge in [0.2, 0.25) is 0 Å². The molecule has 1 heterocycles. The van der Waals surface area contributed by atoms with Crippen molar-refractivity contribution in [3.05, 3.63) is 30.1 Å². The van der Waals surface area contributed by atoms with Crippen molar-refractivity contribution in [2.75, 3.05) is 0 Å². The summed E-state index contributed by atoms with van der Waals surface area (Å²) in [6.07, 6.45) is 3.44. The monoisotopic (exact) mass is 207 g/mol. The zero-order valence-electron chi connectivity index (χ0n) is 9.70. The Morgan fingerprint density at radius 2 is 2.13 bits per heavy atom. The summed E-state index contributed by atoms with van der Waals surface area (Å²) in [7, 11) is 1.87. The Balaban J connectivity index is 2.88. The predicted octanol–water partition coefficient (Wildman–Crippen LogP) is 2.62. The van der Waals surface area contributed by atoms with Gasteiger partial charge in [0.25, 0.3) is 0 Å². The molecule has 1 aromatic rings. The van der Waals surface area contributed by atoms with Crippen molar-refractivity contribution in [1.82, 2.24) is 4.57 Å². The van der Waals surface area contributed by atoms with Gasteiger partial charge in [-0.3, -0.25) is 0 Å². The lowest BCUT2D eigenvalue weighted by Gasteiger charge is -2.18. The molecule has 15 heavy (non-hydrogen) atoms. The second kappa shape index (κ2) is 3.93. The molecule has 0 amide bonds. The fraction of sp³-hybridized carbons (Fsp3) is 0.417. The summed E-state index contributed by atoms with van der Waals surface area (Å²) in [5.74, 6) is -0.300. The molecular weight excluding hydrogens is 190 g/mol. The maximum atomic E-state index is 11.7. The van der Waals surface area contributed by atoms with Gasteiger partial charge in [-0.1, -0.05) is 6.58 Å².